The summed E-state index contributed by atoms with van der Waals surface area (Å²) in [7, 11) is 0. The molecule has 0 saturated carbocycles. The molecule has 31 heavy (non-hydrogen) atoms. The Balaban J connectivity index is 0.00000171. The number of esters is 1. The van der Waals surface area contributed by atoms with Crippen LogP contribution in [-0.4, -0.2) is 76.1 Å². The number of piperidine rings is 3. The molecule has 0 spiro atoms. The average Bonchev–Trinajstić information content (AvgIpc) is 2.66. The molecule has 0 aromatic carbocycles. The number of nitrogens with two attached hydrogens (primary N) is 2. The molecule has 0 aromatic rings. The number of carbonyl (C=O) groups is 3. The van der Waals surface area contributed by atoms with E-state index < -0.39 is 17.6 Å². The number of carbonyl (C=O) groups excluding carboxylic acids is 3. The summed E-state index contributed by atoms with van der Waals surface area (Å²) in [5, 5.41) is -0.195. The van der Waals surface area contributed by atoms with Crippen LogP contribution in [0.15, 0.2) is 11.3 Å². The summed E-state index contributed by atoms with van der Waals surface area (Å²) in [6.45, 7) is 8.78. The summed E-state index contributed by atoms with van der Waals surface area (Å²) in [5.74, 6) is -0.181. The van der Waals surface area contributed by atoms with E-state index in [4.69, 9.17) is 16.2 Å². The van der Waals surface area contributed by atoms with Crippen LogP contribution in [0.5, 0.6) is 0 Å². The van der Waals surface area contributed by atoms with E-state index in [0.29, 0.717) is 18.0 Å². The molecule has 176 valence electrons. The third-order valence-corrected chi connectivity index (χ3v) is 8.28. The summed E-state index contributed by atoms with van der Waals surface area (Å²) < 4.78 is 6.49. The lowest BCUT2D eigenvalue weighted by molar-refractivity contribution is -0.940. The molecule has 5 aliphatic heterocycles. The van der Waals surface area contributed by atoms with E-state index in [9.17, 15) is 14.4 Å². The Morgan fingerprint density at radius 1 is 1.23 bits per heavy atom. The summed E-state index contributed by atoms with van der Waals surface area (Å²) >= 11 is 1.62. The van der Waals surface area contributed by atoms with Crippen LogP contribution in [0.1, 0.15) is 40.0 Å². The van der Waals surface area contributed by atoms with Gasteiger partial charge in [-0.15, -0.1) is 24.2 Å². The van der Waals surface area contributed by atoms with Crippen molar-refractivity contribution in [1.82, 2.24) is 4.90 Å². The fourth-order valence-electron chi connectivity index (χ4n) is 5.09. The maximum atomic E-state index is 13.1. The quantitative estimate of drug-likeness (QED) is 0.237. The molecule has 5 aliphatic rings. The van der Waals surface area contributed by atoms with Gasteiger partial charge in [-0.2, -0.15) is 0 Å². The topological polar surface area (TPSA) is 116 Å². The number of halogens is 2. The number of ether oxygens (including phenoxy) is 1. The Morgan fingerprint density at radius 2 is 1.77 bits per heavy atom. The zero-order valence-electron chi connectivity index (χ0n) is 18.2. The highest BCUT2D eigenvalue weighted by Gasteiger charge is 2.56. The number of primary amides is 1. The van der Waals surface area contributed by atoms with E-state index in [-0.39, 0.29) is 52.0 Å². The fourth-order valence-corrected chi connectivity index (χ4v) is 6.37. The lowest BCUT2D eigenvalue weighted by Crippen LogP contribution is -3.00. The Bertz CT molecular complexity index is 791. The van der Waals surface area contributed by atoms with E-state index in [0.717, 1.165) is 49.0 Å². The third kappa shape index (κ3) is 4.51. The molecular formula is C20H32BrClN4O4S. The van der Waals surface area contributed by atoms with Crippen LogP contribution in [0, 0.1) is 5.41 Å². The third-order valence-electron chi connectivity index (χ3n) is 6.92. The number of hydrogen-bond acceptors (Lipinski definition) is 6. The first-order valence-corrected chi connectivity index (χ1v) is 11.3. The number of fused-ring (bicyclic) bond motifs is 4. The van der Waals surface area contributed by atoms with Crippen LogP contribution in [-0.2, 0) is 19.1 Å². The van der Waals surface area contributed by atoms with Gasteiger partial charge in [-0.25, -0.2) is 4.79 Å². The first kappa shape index (κ1) is 26.4. The smallest absolute Gasteiger partial charge is 0.355 e. The second-order valence-electron chi connectivity index (χ2n) is 9.95. The van der Waals surface area contributed by atoms with Crippen molar-refractivity contribution >= 4 is 42.0 Å². The average molecular weight is 540 g/mol. The van der Waals surface area contributed by atoms with Crippen molar-refractivity contribution in [2.75, 3.05) is 31.9 Å². The van der Waals surface area contributed by atoms with Crippen molar-refractivity contribution in [3.05, 3.63) is 11.3 Å². The second-order valence-corrected chi connectivity index (χ2v) is 11.1. The lowest BCUT2D eigenvalue weighted by atomic mass is 9.70. The zero-order chi connectivity index (χ0) is 21.2. The molecule has 2 amide bonds. The van der Waals surface area contributed by atoms with Gasteiger partial charge >= 0.3 is 5.97 Å². The van der Waals surface area contributed by atoms with Crippen LogP contribution >= 0.6 is 24.2 Å². The Labute approximate surface area is 204 Å². The molecular weight excluding hydrogens is 508 g/mol. The number of quaternary nitrogens is 1. The van der Waals surface area contributed by atoms with Crippen molar-refractivity contribution in [1.29, 1.82) is 0 Å². The summed E-state index contributed by atoms with van der Waals surface area (Å²) in [4.78, 5) is 39.0. The molecule has 2 atom stereocenters. The summed E-state index contributed by atoms with van der Waals surface area (Å²) in [6, 6.07) is -0.563. The van der Waals surface area contributed by atoms with Gasteiger partial charge in [0.1, 0.15) is 29.3 Å². The van der Waals surface area contributed by atoms with Gasteiger partial charge in [0.15, 0.2) is 0 Å². The molecule has 4 N–H and O–H groups in total. The van der Waals surface area contributed by atoms with Crippen molar-refractivity contribution in [2.24, 2.45) is 16.9 Å². The van der Waals surface area contributed by atoms with Crippen molar-refractivity contribution in [2.45, 2.75) is 57.1 Å². The lowest BCUT2D eigenvalue weighted by Gasteiger charge is -2.55. The predicted octanol–water partition coefficient (Wildman–Crippen LogP) is -2.26. The van der Waals surface area contributed by atoms with Gasteiger partial charge in [0.25, 0.3) is 0 Å². The first-order valence-electron chi connectivity index (χ1n) is 10.3. The molecule has 0 radical (unpaired) electrons. The van der Waals surface area contributed by atoms with E-state index in [1.165, 1.54) is 0 Å². The van der Waals surface area contributed by atoms with Crippen molar-refractivity contribution < 1.29 is 40.6 Å². The van der Waals surface area contributed by atoms with Gasteiger partial charge < -0.3 is 37.7 Å². The fraction of sp³-hybridized carbons (Fsp3) is 0.750. The molecule has 5 rings (SSSR count). The number of amides is 2. The van der Waals surface area contributed by atoms with Crippen molar-refractivity contribution in [3.63, 3.8) is 0 Å². The largest absolute Gasteiger partial charge is 1.00 e. The molecule has 2 bridgehead atoms. The van der Waals surface area contributed by atoms with Gasteiger partial charge in [-0.1, -0.05) is 0 Å². The highest BCUT2D eigenvalue weighted by molar-refractivity contribution is 8.00. The standard InChI is InChI=1S/C20H30N4O4S.BrH.ClH/c1-19(2,3)28-17(26)14-12(11-29-16-13(21)15(25)23(14)16)10-24-7-4-20(5-8-24,6-9-24)18(22)27;;/h13,16H,4-11,21H2,1-3H3,(H-,22,27);2*1H/t13-,16+,20?,24?;;/m1../s1. The van der Waals surface area contributed by atoms with E-state index in [1.807, 2.05) is 20.8 Å². The van der Waals surface area contributed by atoms with E-state index >= 15 is 0 Å². The minimum absolute atomic E-state index is 0. The molecule has 0 aliphatic carbocycles. The van der Waals surface area contributed by atoms with Crippen molar-refractivity contribution in [3.8, 4) is 0 Å². The molecule has 11 heteroatoms. The molecule has 0 unspecified atom stereocenters. The number of hydrogen-bond donors (Lipinski definition) is 2. The van der Waals surface area contributed by atoms with Gasteiger partial charge in [0, 0.05) is 30.6 Å². The van der Waals surface area contributed by atoms with Gasteiger partial charge in [-0.3, -0.25) is 14.5 Å². The van der Waals surface area contributed by atoms with Crippen LogP contribution in [0.4, 0.5) is 0 Å². The number of nitrogens with zero attached hydrogens (tertiary/aromatic N) is 2. The molecule has 4 fully saturated rings. The van der Waals surface area contributed by atoms with Crippen LogP contribution in [0.2, 0.25) is 0 Å². The summed E-state index contributed by atoms with van der Waals surface area (Å²) in [6.07, 6.45) is 2.38. The Kier molecular flexibility index (Phi) is 7.55. The molecule has 0 aromatic heterocycles. The minimum Gasteiger partial charge on any atom is -1.00 e. The van der Waals surface area contributed by atoms with E-state index in [2.05, 4.69) is 0 Å². The summed E-state index contributed by atoms with van der Waals surface area (Å²) in [5.41, 5.74) is 12.0. The van der Waals surface area contributed by atoms with Gasteiger partial charge in [0.2, 0.25) is 11.8 Å². The molecule has 4 saturated heterocycles. The van der Waals surface area contributed by atoms with E-state index in [1.54, 1.807) is 16.7 Å². The Morgan fingerprint density at radius 3 is 2.26 bits per heavy atom. The van der Waals surface area contributed by atoms with Gasteiger partial charge in [0.05, 0.1) is 25.0 Å². The SMILES string of the molecule is CC(C)(C)OC(=O)C1=C(C[N+]23CCC(C(N)=O)(CC2)CC3)CS[C@H]2[C@H](N)C(=O)N12.Cl.[Br-]. The Hall–Kier alpha value is -0.810. The minimum atomic E-state index is -0.644. The second kappa shape index (κ2) is 8.85. The number of rotatable bonds is 4. The maximum absolute atomic E-state index is 13.1. The number of β-lactam (4-membered cyclic amide) rings is 1. The molecule has 8 nitrogen and oxygen atoms in total. The van der Waals surface area contributed by atoms with Crippen LogP contribution < -0.4 is 28.4 Å². The van der Waals surface area contributed by atoms with Crippen LogP contribution in [0.3, 0.4) is 0 Å². The highest BCUT2D eigenvalue weighted by atomic mass is 79.9. The molecule has 5 heterocycles. The highest BCUT2D eigenvalue weighted by Crippen LogP contribution is 2.46. The monoisotopic (exact) mass is 538 g/mol. The normalized spacial score (nSPS) is 34.2. The number of thioether (sulfide) groups is 1. The van der Waals surface area contributed by atoms with Crippen LogP contribution in [0.25, 0.3) is 0 Å². The zero-order valence-corrected chi connectivity index (χ0v) is 21.4. The first-order chi connectivity index (χ1) is 13.5. The predicted molar refractivity (Wildman–Crippen MR) is 116 cm³/mol. The maximum Gasteiger partial charge on any atom is 0.355 e. The van der Waals surface area contributed by atoms with Gasteiger partial charge in [-0.05, 0) is 20.8 Å².